The highest BCUT2D eigenvalue weighted by molar-refractivity contribution is 5.50. The van der Waals surface area contributed by atoms with E-state index in [1.54, 1.807) is 11.1 Å². The largest absolute Gasteiger partial charge is 0.368 e. The molecule has 1 aromatic carbocycles. The quantitative estimate of drug-likeness (QED) is 0.730. The molecule has 142 valence electrons. The number of piperazine rings is 2. The average molecular weight is 371 g/mol. The molecule has 0 atom stereocenters. The van der Waals surface area contributed by atoms with Gasteiger partial charge in [0, 0.05) is 58.0 Å². The summed E-state index contributed by atoms with van der Waals surface area (Å²) in [5.74, 6) is 1.21. The van der Waals surface area contributed by atoms with Gasteiger partial charge >= 0.3 is 0 Å². The summed E-state index contributed by atoms with van der Waals surface area (Å²) in [6, 6.07) is 6.59. The molecule has 2 fully saturated rings. The smallest absolute Gasteiger partial charge is 0.247 e. The third-order valence-electron chi connectivity index (χ3n) is 5.08. The van der Waals surface area contributed by atoms with Crippen molar-refractivity contribution in [1.82, 2.24) is 20.1 Å². The van der Waals surface area contributed by atoms with E-state index >= 15 is 0 Å². The van der Waals surface area contributed by atoms with Crippen LogP contribution in [0.25, 0.3) is 0 Å². The van der Waals surface area contributed by atoms with E-state index in [9.17, 15) is 9.18 Å². The first-order valence-corrected chi connectivity index (χ1v) is 9.12. The van der Waals surface area contributed by atoms with Crippen molar-refractivity contribution in [2.75, 3.05) is 67.1 Å². The van der Waals surface area contributed by atoms with Crippen molar-refractivity contribution < 1.29 is 9.18 Å². The molecule has 4 rings (SSSR count). The van der Waals surface area contributed by atoms with Crippen molar-refractivity contribution in [3.63, 3.8) is 0 Å². The van der Waals surface area contributed by atoms with Crippen molar-refractivity contribution in [1.29, 1.82) is 0 Å². The Hall–Kier alpha value is -2.97. The van der Waals surface area contributed by atoms with E-state index in [1.165, 1.54) is 12.1 Å². The average Bonchev–Trinajstić information content (AvgIpc) is 2.75. The Labute approximate surface area is 157 Å². The minimum Gasteiger partial charge on any atom is -0.368 e. The third-order valence-corrected chi connectivity index (χ3v) is 5.08. The summed E-state index contributed by atoms with van der Waals surface area (Å²) in [6.45, 7) is 6.07. The van der Waals surface area contributed by atoms with Gasteiger partial charge in [-0.1, -0.05) is 0 Å². The second-order valence-corrected chi connectivity index (χ2v) is 6.69. The number of benzene rings is 1. The number of hydrogen-bond donors (Lipinski definition) is 0. The van der Waals surface area contributed by atoms with E-state index in [4.69, 9.17) is 0 Å². The van der Waals surface area contributed by atoms with Crippen LogP contribution in [0.15, 0.2) is 30.5 Å². The number of rotatable bonds is 4. The molecule has 0 saturated carbocycles. The third kappa shape index (κ3) is 3.91. The van der Waals surface area contributed by atoms with Gasteiger partial charge in [0.05, 0.1) is 6.20 Å². The van der Waals surface area contributed by atoms with Gasteiger partial charge in [0.15, 0.2) is 5.82 Å². The Morgan fingerprint density at radius 3 is 2.15 bits per heavy atom. The number of carbonyl (C=O) groups excluding carboxylic acids is 1. The zero-order valence-electron chi connectivity index (χ0n) is 15.0. The van der Waals surface area contributed by atoms with E-state index in [0.29, 0.717) is 19.0 Å². The first-order chi connectivity index (χ1) is 13.2. The van der Waals surface area contributed by atoms with Gasteiger partial charge in [-0.25, -0.2) is 4.39 Å². The van der Waals surface area contributed by atoms with E-state index in [0.717, 1.165) is 57.2 Å². The summed E-state index contributed by atoms with van der Waals surface area (Å²) in [4.78, 5) is 23.8. The second-order valence-electron chi connectivity index (χ2n) is 6.69. The molecular weight excluding hydrogens is 349 g/mol. The Bertz CT molecular complexity index is 772. The molecule has 1 amide bonds. The molecule has 8 nitrogen and oxygen atoms in total. The Balaban J connectivity index is 1.38. The lowest BCUT2D eigenvalue weighted by Gasteiger charge is -2.36. The lowest BCUT2D eigenvalue weighted by molar-refractivity contribution is -0.118. The van der Waals surface area contributed by atoms with Crippen LogP contribution in [-0.4, -0.2) is 78.8 Å². The zero-order chi connectivity index (χ0) is 18.6. The fraction of sp³-hybridized carbons (Fsp3) is 0.444. The number of nitrogens with zero attached hydrogens (tertiary/aromatic N) is 7. The van der Waals surface area contributed by atoms with Crippen LogP contribution in [0.2, 0.25) is 0 Å². The minimum absolute atomic E-state index is 0.220. The zero-order valence-corrected chi connectivity index (χ0v) is 15.0. The van der Waals surface area contributed by atoms with E-state index < -0.39 is 0 Å². The first-order valence-electron chi connectivity index (χ1n) is 9.12. The molecule has 9 heteroatoms. The summed E-state index contributed by atoms with van der Waals surface area (Å²) in [5.41, 5.74) is 1.02. The molecule has 2 aliphatic heterocycles. The summed E-state index contributed by atoms with van der Waals surface area (Å²) in [5, 5.41) is 8.33. The molecule has 0 radical (unpaired) electrons. The molecule has 0 unspecified atom stereocenters. The highest BCUT2D eigenvalue weighted by Crippen LogP contribution is 2.20. The van der Waals surface area contributed by atoms with Crippen LogP contribution in [0.5, 0.6) is 0 Å². The van der Waals surface area contributed by atoms with Crippen molar-refractivity contribution in [2.45, 2.75) is 0 Å². The summed E-state index contributed by atoms with van der Waals surface area (Å²) < 4.78 is 13.1. The highest BCUT2D eigenvalue weighted by atomic mass is 19.1. The maximum absolute atomic E-state index is 13.1. The molecule has 0 N–H and O–H groups in total. The predicted octanol–water partition coefficient (Wildman–Crippen LogP) is 0.616. The molecule has 1 aromatic heterocycles. The number of amides is 1. The topological polar surface area (TPSA) is 68.7 Å². The molecule has 27 heavy (non-hydrogen) atoms. The van der Waals surface area contributed by atoms with Crippen LogP contribution in [0.1, 0.15) is 0 Å². The van der Waals surface area contributed by atoms with Gasteiger partial charge in [0.25, 0.3) is 0 Å². The molecule has 2 aromatic rings. The van der Waals surface area contributed by atoms with E-state index in [-0.39, 0.29) is 5.82 Å². The van der Waals surface area contributed by atoms with Gasteiger partial charge in [-0.15, -0.1) is 5.10 Å². The highest BCUT2D eigenvalue weighted by Gasteiger charge is 2.22. The predicted molar refractivity (Wildman–Crippen MR) is 101 cm³/mol. The second kappa shape index (κ2) is 7.73. The van der Waals surface area contributed by atoms with Gasteiger partial charge in [-0.3, -0.25) is 4.79 Å². The van der Waals surface area contributed by atoms with Gasteiger partial charge in [-0.05, 0) is 24.3 Å². The van der Waals surface area contributed by atoms with Crippen molar-refractivity contribution in [2.24, 2.45) is 0 Å². The fourth-order valence-electron chi connectivity index (χ4n) is 3.45. The van der Waals surface area contributed by atoms with Gasteiger partial charge in [0.1, 0.15) is 5.82 Å². The monoisotopic (exact) mass is 371 g/mol. The lowest BCUT2D eigenvalue weighted by Crippen LogP contribution is -2.48. The SMILES string of the molecule is O=CN1CCN(c2cnnc(N3CCN(c4ccc(F)cc4)CC3)n2)CC1. The maximum atomic E-state index is 13.1. The Morgan fingerprint density at radius 1 is 0.852 bits per heavy atom. The van der Waals surface area contributed by atoms with Crippen LogP contribution in [0.3, 0.4) is 0 Å². The summed E-state index contributed by atoms with van der Waals surface area (Å²) in [7, 11) is 0. The number of halogens is 1. The van der Waals surface area contributed by atoms with Crippen LogP contribution >= 0.6 is 0 Å². The number of hydrogen-bond acceptors (Lipinski definition) is 7. The van der Waals surface area contributed by atoms with Crippen LogP contribution < -0.4 is 14.7 Å². The molecule has 2 saturated heterocycles. The number of anilines is 3. The van der Waals surface area contributed by atoms with E-state index in [1.807, 2.05) is 12.1 Å². The summed E-state index contributed by atoms with van der Waals surface area (Å²) >= 11 is 0. The molecule has 2 aliphatic rings. The van der Waals surface area contributed by atoms with Crippen molar-refractivity contribution in [3.05, 3.63) is 36.3 Å². The maximum Gasteiger partial charge on any atom is 0.247 e. The Morgan fingerprint density at radius 2 is 1.48 bits per heavy atom. The van der Waals surface area contributed by atoms with Crippen molar-refractivity contribution >= 4 is 23.9 Å². The fourth-order valence-corrected chi connectivity index (χ4v) is 3.45. The Kier molecular flexibility index (Phi) is 4.99. The van der Waals surface area contributed by atoms with Gasteiger partial charge in [-0.2, -0.15) is 10.1 Å². The summed E-state index contributed by atoms with van der Waals surface area (Å²) in [6.07, 6.45) is 2.57. The van der Waals surface area contributed by atoms with Crippen LogP contribution in [0.4, 0.5) is 21.8 Å². The first kappa shape index (κ1) is 17.4. The van der Waals surface area contributed by atoms with Crippen LogP contribution in [0, 0.1) is 5.82 Å². The number of aromatic nitrogens is 3. The lowest BCUT2D eigenvalue weighted by atomic mass is 10.2. The van der Waals surface area contributed by atoms with E-state index in [2.05, 4.69) is 29.9 Å². The van der Waals surface area contributed by atoms with Gasteiger partial charge in [0.2, 0.25) is 12.4 Å². The molecule has 3 heterocycles. The molecule has 0 spiro atoms. The molecule has 0 bridgehead atoms. The molecule has 0 aliphatic carbocycles. The van der Waals surface area contributed by atoms with Crippen molar-refractivity contribution in [3.8, 4) is 0 Å². The standard InChI is InChI=1S/C18H22FN7O/c19-15-1-3-16(4-2-15)24-9-11-26(12-10-24)18-21-17(13-20-22-18)25-7-5-23(14-27)6-8-25/h1-4,13-14H,5-12H2. The number of carbonyl (C=O) groups is 1. The minimum atomic E-state index is -0.220. The normalized spacial score (nSPS) is 18.0. The molecular formula is C18H22FN7O. The van der Waals surface area contributed by atoms with Gasteiger partial charge < -0.3 is 19.6 Å². The van der Waals surface area contributed by atoms with Crippen LogP contribution in [-0.2, 0) is 4.79 Å².